The van der Waals surface area contributed by atoms with Gasteiger partial charge in [-0.15, -0.1) is 0 Å². The number of ether oxygens (including phenoxy) is 2. The topological polar surface area (TPSA) is 42.0 Å². The van der Waals surface area contributed by atoms with Crippen molar-refractivity contribution in [2.45, 2.75) is 37.7 Å². The van der Waals surface area contributed by atoms with Crippen LogP contribution in [-0.4, -0.2) is 67.7 Å². The molecule has 1 spiro atoms. The van der Waals surface area contributed by atoms with Crippen molar-refractivity contribution >= 4 is 12.0 Å². The number of carbonyl (C=O) groups excluding carboxylic acids is 1. The molecule has 0 bridgehead atoms. The van der Waals surface area contributed by atoms with Crippen molar-refractivity contribution in [1.29, 1.82) is 0 Å². The second-order valence-electron chi connectivity index (χ2n) is 8.33. The number of amides is 1. The summed E-state index contributed by atoms with van der Waals surface area (Å²) in [6.07, 6.45) is 9.17. The van der Waals surface area contributed by atoms with Crippen molar-refractivity contribution in [3.8, 4) is 5.75 Å². The normalized spacial score (nSPS) is 26.0. The van der Waals surface area contributed by atoms with E-state index >= 15 is 0 Å². The number of hydrogen-bond donors (Lipinski definition) is 0. The van der Waals surface area contributed by atoms with E-state index in [4.69, 9.17) is 9.47 Å². The Labute approximate surface area is 168 Å². The Morgan fingerprint density at radius 3 is 2.82 bits per heavy atom. The first-order valence-electron chi connectivity index (χ1n) is 10.7. The number of benzene rings is 1. The number of likely N-dealkylation sites (tertiary alicyclic amines) is 2. The van der Waals surface area contributed by atoms with Gasteiger partial charge in [0.15, 0.2) is 0 Å². The lowest BCUT2D eigenvalue weighted by molar-refractivity contribution is -0.137. The smallest absolute Gasteiger partial charge is 0.225 e. The zero-order valence-electron chi connectivity index (χ0n) is 16.9. The van der Waals surface area contributed by atoms with Crippen molar-refractivity contribution in [1.82, 2.24) is 9.80 Å². The third-order valence-electron chi connectivity index (χ3n) is 6.49. The Bertz CT molecular complexity index is 712. The summed E-state index contributed by atoms with van der Waals surface area (Å²) < 4.78 is 11.6. The molecule has 2 saturated heterocycles. The molecular weight excluding hydrogens is 352 g/mol. The van der Waals surface area contributed by atoms with Crippen LogP contribution in [0.5, 0.6) is 5.75 Å². The third-order valence-corrected chi connectivity index (χ3v) is 6.49. The Morgan fingerprint density at radius 2 is 2.00 bits per heavy atom. The fourth-order valence-electron chi connectivity index (χ4n) is 4.71. The van der Waals surface area contributed by atoms with E-state index in [1.807, 2.05) is 18.2 Å². The standard InChI is InChI=1S/C23H32N2O3/c1-27-18-17-24-14-8-20(9-15-24)22(26)25-13-4-10-23(12-16-25)11-7-19-5-2-3-6-21(19)28-23/h2-3,5-7,11,20H,4,8-10,12-18H2,1H3/t23-/m0/s1. The highest BCUT2D eigenvalue weighted by molar-refractivity contribution is 5.79. The molecule has 1 aromatic rings. The van der Waals surface area contributed by atoms with Gasteiger partial charge in [-0.25, -0.2) is 0 Å². The number of methoxy groups -OCH3 is 1. The van der Waals surface area contributed by atoms with Crippen molar-refractivity contribution in [3.63, 3.8) is 0 Å². The highest BCUT2D eigenvalue weighted by Gasteiger charge is 2.37. The van der Waals surface area contributed by atoms with Crippen molar-refractivity contribution in [2.75, 3.05) is 46.4 Å². The lowest BCUT2D eigenvalue weighted by Crippen LogP contribution is -2.44. The maximum atomic E-state index is 13.1. The minimum atomic E-state index is -0.257. The van der Waals surface area contributed by atoms with Gasteiger partial charge in [-0.05, 0) is 50.9 Å². The van der Waals surface area contributed by atoms with Crippen LogP contribution < -0.4 is 4.74 Å². The van der Waals surface area contributed by atoms with Crippen LogP contribution in [0.3, 0.4) is 0 Å². The maximum absolute atomic E-state index is 13.1. The SMILES string of the molecule is COCCN1CCC(C(=O)N2CCC[C@]3(C=Cc4ccccc4O3)CC2)CC1. The minimum absolute atomic E-state index is 0.177. The van der Waals surface area contributed by atoms with Crippen LogP contribution in [0, 0.1) is 5.92 Å². The molecule has 3 aliphatic heterocycles. The van der Waals surface area contributed by atoms with Crippen LogP contribution in [0.4, 0.5) is 0 Å². The van der Waals surface area contributed by atoms with E-state index in [2.05, 4.69) is 28.0 Å². The van der Waals surface area contributed by atoms with E-state index in [1.54, 1.807) is 7.11 Å². The molecule has 152 valence electrons. The van der Waals surface area contributed by atoms with E-state index in [1.165, 1.54) is 0 Å². The van der Waals surface area contributed by atoms with E-state index in [9.17, 15) is 4.79 Å². The highest BCUT2D eigenvalue weighted by Crippen LogP contribution is 2.37. The molecule has 1 amide bonds. The number of para-hydroxylation sites is 1. The summed E-state index contributed by atoms with van der Waals surface area (Å²) in [6.45, 7) is 5.37. The van der Waals surface area contributed by atoms with Crippen molar-refractivity contribution in [3.05, 3.63) is 35.9 Å². The summed E-state index contributed by atoms with van der Waals surface area (Å²) in [5.74, 6) is 1.49. The number of fused-ring (bicyclic) bond motifs is 1. The van der Waals surface area contributed by atoms with E-state index in [0.717, 1.165) is 82.7 Å². The zero-order chi connectivity index (χ0) is 19.4. The fourth-order valence-corrected chi connectivity index (χ4v) is 4.71. The second kappa shape index (κ2) is 8.66. The number of piperidine rings is 1. The average molecular weight is 385 g/mol. The number of carbonyl (C=O) groups is 1. The highest BCUT2D eigenvalue weighted by atomic mass is 16.5. The van der Waals surface area contributed by atoms with Gasteiger partial charge >= 0.3 is 0 Å². The Kier molecular flexibility index (Phi) is 6.02. The molecule has 0 N–H and O–H groups in total. The molecule has 0 radical (unpaired) electrons. The van der Waals surface area contributed by atoms with Crippen LogP contribution >= 0.6 is 0 Å². The van der Waals surface area contributed by atoms with Crippen LogP contribution in [-0.2, 0) is 9.53 Å². The number of nitrogens with zero attached hydrogens (tertiary/aromatic N) is 2. The van der Waals surface area contributed by atoms with Crippen LogP contribution in [0.15, 0.2) is 30.3 Å². The van der Waals surface area contributed by atoms with Crippen LogP contribution in [0.1, 0.15) is 37.7 Å². The molecular formula is C23H32N2O3. The monoisotopic (exact) mass is 384 g/mol. The van der Waals surface area contributed by atoms with Gasteiger partial charge in [0, 0.05) is 44.6 Å². The first-order chi connectivity index (χ1) is 13.7. The summed E-state index contributed by atoms with van der Waals surface area (Å²) in [4.78, 5) is 17.6. The van der Waals surface area contributed by atoms with Gasteiger partial charge in [-0.3, -0.25) is 4.79 Å². The Morgan fingerprint density at radius 1 is 1.18 bits per heavy atom. The summed E-state index contributed by atoms with van der Waals surface area (Å²) in [6, 6.07) is 8.20. The van der Waals surface area contributed by atoms with E-state index in [0.29, 0.717) is 5.91 Å². The van der Waals surface area contributed by atoms with Gasteiger partial charge in [-0.2, -0.15) is 0 Å². The van der Waals surface area contributed by atoms with Gasteiger partial charge in [-0.1, -0.05) is 24.3 Å². The lowest BCUT2D eigenvalue weighted by atomic mass is 9.91. The second-order valence-corrected chi connectivity index (χ2v) is 8.33. The molecule has 4 rings (SSSR count). The molecule has 5 heteroatoms. The molecule has 1 aromatic carbocycles. The zero-order valence-corrected chi connectivity index (χ0v) is 16.9. The Hall–Kier alpha value is -1.85. The van der Waals surface area contributed by atoms with Gasteiger partial charge in [0.05, 0.1) is 6.61 Å². The van der Waals surface area contributed by atoms with Gasteiger partial charge in [0.1, 0.15) is 11.4 Å². The predicted molar refractivity (Wildman–Crippen MR) is 110 cm³/mol. The number of hydrogen-bond acceptors (Lipinski definition) is 4. The van der Waals surface area contributed by atoms with Crippen LogP contribution in [0.2, 0.25) is 0 Å². The van der Waals surface area contributed by atoms with Crippen molar-refractivity contribution < 1.29 is 14.3 Å². The van der Waals surface area contributed by atoms with E-state index in [-0.39, 0.29) is 11.5 Å². The number of rotatable bonds is 4. The van der Waals surface area contributed by atoms with Gasteiger partial charge < -0.3 is 19.3 Å². The molecule has 5 nitrogen and oxygen atoms in total. The van der Waals surface area contributed by atoms with Crippen molar-refractivity contribution in [2.24, 2.45) is 5.92 Å². The summed E-state index contributed by atoms with van der Waals surface area (Å²) in [5.41, 5.74) is 0.887. The molecule has 28 heavy (non-hydrogen) atoms. The third kappa shape index (κ3) is 4.26. The van der Waals surface area contributed by atoms with Crippen LogP contribution in [0.25, 0.3) is 6.08 Å². The summed E-state index contributed by atoms with van der Waals surface area (Å²) in [7, 11) is 1.74. The largest absolute Gasteiger partial charge is 0.483 e. The molecule has 0 aromatic heterocycles. The Balaban J connectivity index is 1.33. The van der Waals surface area contributed by atoms with Gasteiger partial charge in [0.2, 0.25) is 5.91 Å². The molecule has 3 aliphatic rings. The fraction of sp³-hybridized carbons (Fsp3) is 0.609. The average Bonchev–Trinajstić information content (AvgIpc) is 2.94. The molecule has 0 saturated carbocycles. The molecule has 3 heterocycles. The lowest BCUT2D eigenvalue weighted by Gasteiger charge is -2.35. The molecule has 1 atom stereocenters. The summed E-state index contributed by atoms with van der Waals surface area (Å²) in [5, 5.41) is 0. The first kappa shape index (κ1) is 19.5. The summed E-state index contributed by atoms with van der Waals surface area (Å²) >= 11 is 0. The quantitative estimate of drug-likeness (QED) is 0.800. The predicted octanol–water partition coefficient (Wildman–Crippen LogP) is 3.20. The van der Waals surface area contributed by atoms with Gasteiger partial charge in [0.25, 0.3) is 0 Å². The molecule has 0 aliphatic carbocycles. The minimum Gasteiger partial charge on any atom is -0.483 e. The maximum Gasteiger partial charge on any atom is 0.225 e. The first-order valence-corrected chi connectivity index (χ1v) is 10.7. The van der Waals surface area contributed by atoms with E-state index < -0.39 is 0 Å². The molecule has 2 fully saturated rings. The molecule has 0 unspecified atom stereocenters.